The number of benzene rings is 1. The Morgan fingerprint density at radius 2 is 1.55 bits per heavy atom. The fraction of sp³-hybridized carbons (Fsp3) is 0.545. The number of hydrogen-bond donors (Lipinski definition) is 0. The van der Waals surface area contributed by atoms with Crippen molar-refractivity contribution in [3.05, 3.63) is 34.3 Å². The first-order valence-electron chi connectivity index (χ1n) is 10.2. The Bertz CT molecular complexity index is 902. The monoisotopic (exact) mass is 617 g/mol. The van der Waals surface area contributed by atoms with Gasteiger partial charge in [-0.15, -0.1) is 0 Å². The van der Waals surface area contributed by atoms with Crippen molar-refractivity contribution in [2.24, 2.45) is 29.6 Å². The molecular formula is C22H22Br3NO5. The first-order valence-corrected chi connectivity index (χ1v) is 12.9. The van der Waals surface area contributed by atoms with Gasteiger partial charge in [0.2, 0.25) is 11.8 Å². The van der Waals surface area contributed by atoms with Crippen LogP contribution >= 0.6 is 47.8 Å². The second-order valence-electron chi connectivity index (χ2n) is 8.78. The molecule has 31 heavy (non-hydrogen) atoms. The summed E-state index contributed by atoms with van der Waals surface area (Å²) in [6.45, 7) is 3.10. The van der Waals surface area contributed by atoms with E-state index in [9.17, 15) is 19.2 Å². The molecule has 4 rings (SSSR count). The normalized spacial score (nSPS) is 32.5. The first kappa shape index (κ1) is 23.1. The summed E-state index contributed by atoms with van der Waals surface area (Å²) in [5.74, 6) is -2.63. The second kappa shape index (κ2) is 8.71. The molecule has 2 aliphatic carbocycles. The lowest BCUT2D eigenvalue weighted by Crippen LogP contribution is -2.50. The van der Waals surface area contributed by atoms with E-state index in [2.05, 4.69) is 47.8 Å². The maximum Gasteiger partial charge on any atom is 0.330 e. The fourth-order valence-corrected chi connectivity index (χ4v) is 7.40. The number of carbonyl (C=O) groups is 4. The molecule has 1 aliphatic heterocycles. The number of hydrogen-bond acceptors (Lipinski definition) is 5. The molecule has 0 unspecified atom stereocenters. The lowest BCUT2D eigenvalue weighted by molar-refractivity contribution is -0.160. The van der Waals surface area contributed by atoms with Gasteiger partial charge in [0, 0.05) is 19.7 Å². The Hall–Kier alpha value is -1.06. The summed E-state index contributed by atoms with van der Waals surface area (Å²) >= 11 is 10.6. The number of halogens is 3. The number of ketones is 1. The van der Waals surface area contributed by atoms with E-state index in [1.807, 2.05) is 0 Å². The number of likely N-dealkylation sites (tertiary alicyclic amines) is 1. The maximum atomic E-state index is 13.3. The molecule has 166 valence electrons. The highest BCUT2D eigenvalue weighted by Crippen LogP contribution is 2.60. The highest BCUT2D eigenvalue weighted by Gasteiger charge is 2.67. The molecule has 2 bridgehead atoms. The third-order valence-corrected chi connectivity index (χ3v) is 10.4. The molecule has 2 saturated carbocycles. The van der Waals surface area contributed by atoms with Crippen molar-refractivity contribution >= 4 is 71.4 Å². The van der Waals surface area contributed by atoms with E-state index in [1.54, 1.807) is 38.1 Å². The van der Waals surface area contributed by atoms with Gasteiger partial charge >= 0.3 is 5.97 Å². The van der Waals surface area contributed by atoms with Crippen LogP contribution in [0.25, 0.3) is 0 Å². The van der Waals surface area contributed by atoms with E-state index in [1.165, 1.54) is 0 Å². The van der Waals surface area contributed by atoms with Crippen LogP contribution in [0.2, 0.25) is 0 Å². The highest BCUT2D eigenvalue weighted by molar-refractivity contribution is 9.12. The molecule has 0 spiro atoms. The van der Waals surface area contributed by atoms with Gasteiger partial charge in [-0.1, -0.05) is 73.8 Å². The third-order valence-electron chi connectivity index (χ3n) is 6.68. The van der Waals surface area contributed by atoms with Crippen LogP contribution in [-0.2, 0) is 19.1 Å². The predicted molar refractivity (Wildman–Crippen MR) is 124 cm³/mol. The van der Waals surface area contributed by atoms with E-state index in [0.717, 1.165) is 15.8 Å². The number of imide groups is 1. The van der Waals surface area contributed by atoms with Gasteiger partial charge in [-0.05, 0) is 36.3 Å². The van der Waals surface area contributed by atoms with Crippen LogP contribution in [0, 0.1) is 29.6 Å². The zero-order chi connectivity index (χ0) is 22.6. The molecule has 7 atom stereocenters. The lowest BCUT2D eigenvalue weighted by atomic mass is 9.81. The summed E-state index contributed by atoms with van der Waals surface area (Å²) in [6, 6.07) is 5.70. The van der Waals surface area contributed by atoms with Gasteiger partial charge in [-0.25, -0.2) is 4.79 Å². The first-order chi connectivity index (χ1) is 14.6. The van der Waals surface area contributed by atoms with Crippen molar-refractivity contribution in [1.29, 1.82) is 0 Å². The summed E-state index contributed by atoms with van der Waals surface area (Å²) in [5.41, 5.74) is 0.420. The topological polar surface area (TPSA) is 80.8 Å². The van der Waals surface area contributed by atoms with Crippen molar-refractivity contribution < 1.29 is 23.9 Å². The van der Waals surface area contributed by atoms with E-state index >= 15 is 0 Å². The summed E-state index contributed by atoms with van der Waals surface area (Å²) in [7, 11) is 0. The minimum Gasteiger partial charge on any atom is -0.456 e. The summed E-state index contributed by atoms with van der Waals surface area (Å²) in [6.07, 6.45) is 0.824. The molecule has 6 nitrogen and oxygen atoms in total. The van der Waals surface area contributed by atoms with Gasteiger partial charge in [0.25, 0.3) is 0 Å². The second-order valence-corrected chi connectivity index (χ2v) is 11.8. The third kappa shape index (κ3) is 3.84. The molecule has 1 heterocycles. The number of nitrogens with zero attached hydrogens (tertiary/aromatic N) is 1. The zero-order valence-corrected chi connectivity index (χ0v) is 21.7. The van der Waals surface area contributed by atoms with Crippen LogP contribution in [0.3, 0.4) is 0 Å². The maximum absolute atomic E-state index is 13.3. The standard InChI is InChI=1S/C22H22Br3NO5/c1-9(2)19(22(30)31-8-14(27)10-3-5-11(23)6-4-10)26-20(28)15-12-7-13(16(15)21(26)29)18(25)17(12)24/h3-6,9,12-13,15-19H,7-8H2,1-2H3/t12-,13-,15-,16+,17-,18+,19-/m0/s1. The van der Waals surface area contributed by atoms with Crippen LogP contribution < -0.4 is 0 Å². The molecule has 0 radical (unpaired) electrons. The molecule has 1 aromatic rings. The minimum absolute atomic E-state index is 0.0728. The number of ether oxygens (including phenoxy) is 1. The highest BCUT2D eigenvalue weighted by atomic mass is 79.9. The van der Waals surface area contributed by atoms with Crippen LogP contribution in [0.5, 0.6) is 0 Å². The van der Waals surface area contributed by atoms with E-state index in [0.29, 0.717) is 5.56 Å². The Labute approximate surface area is 205 Å². The fourth-order valence-electron chi connectivity index (χ4n) is 5.26. The van der Waals surface area contributed by atoms with Crippen LogP contribution in [-0.4, -0.2) is 50.8 Å². The average Bonchev–Trinajstić information content (AvgIpc) is 3.33. The molecule has 1 aromatic carbocycles. The van der Waals surface area contributed by atoms with E-state index in [4.69, 9.17) is 4.74 Å². The van der Waals surface area contributed by atoms with Crippen molar-refractivity contribution in [2.45, 2.75) is 36.0 Å². The van der Waals surface area contributed by atoms with Crippen molar-refractivity contribution in [3.63, 3.8) is 0 Å². The van der Waals surface area contributed by atoms with Gasteiger partial charge in [0.1, 0.15) is 6.04 Å². The van der Waals surface area contributed by atoms with E-state index in [-0.39, 0.29) is 45.0 Å². The molecule has 3 fully saturated rings. The smallest absolute Gasteiger partial charge is 0.330 e. The number of amides is 2. The number of Topliss-reactive ketones (excluding diaryl/α,β-unsaturated/α-hetero) is 1. The number of rotatable bonds is 6. The van der Waals surface area contributed by atoms with Crippen LogP contribution in [0.15, 0.2) is 28.7 Å². The molecule has 3 aliphatic rings. The minimum atomic E-state index is -1.04. The van der Waals surface area contributed by atoms with Gasteiger partial charge in [0.15, 0.2) is 12.4 Å². The zero-order valence-electron chi connectivity index (χ0n) is 17.0. The molecular weight excluding hydrogens is 598 g/mol. The van der Waals surface area contributed by atoms with Gasteiger partial charge < -0.3 is 4.74 Å². The van der Waals surface area contributed by atoms with Crippen LogP contribution in [0.4, 0.5) is 0 Å². The number of carbonyl (C=O) groups excluding carboxylic acids is 4. The Morgan fingerprint density at radius 1 is 1.03 bits per heavy atom. The molecule has 0 aromatic heterocycles. The van der Waals surface area contributed by atoms with Gasteiger partial charge in [-0.2, -0.15) is 0 Å². The molecule has 2 amide bonds. The molecule has 9 heteroatoms. The summed E-state index contributed by atoms with van der Waals surface area (Å²) < 4.78 is 6.13. The largest absolute Gasteiger partial charge is 0.456 e. The number of esters is 1. The Balaban J connectivity index is 1.49. The average molecular weight is 620 g/mol. The predicted octanol–water partition coefficient (Wildman–Crippen LogP) is 3.98. The summed E-state index contributed by atoms with van der Waals surface area (Å²) in [5, 5.41) is 0. The molecule has 0 N–H and O–H groups in total. The Kier molecular flexibility index (Phi) is 6.49. The van der Waals surface area contributed by atoms with Crippen LogP contribution in [0.1, 0.15) is 30.6 Å². The lowest BCUT2D eigenvalue weighted by Gasteiger charge is -2.28. The van der Waals surface area contributed by atoms with Crippen molar-refractivity contribution in [1.82, 2.24) is 4.90 Å². The Morgan fingerprint density at radius 3 is 2.03 bits per heavy atom. The summed E-state index contributed by atoms with van der Waals surface area (Å²) in [4.78, 5) is 53.2. The number of fused-ring (bicyclic) bond motifs is 5. The molecule has 1 saturated heterocycles. The van der Waals surface area contributed by atoms with Crippen molar-refractivity contribution in [3.8, 4) is 0 Å². The number of alkyl halides is 2. The van der Waals surface area contributed by atoms with E-state index < -0.39 is 30.5 Å². The van der Waals surface area contributed by atoms with Crippen molar-refractivity contribution in [2.75, 3.05) is 6.61 Å². The van der Waals surface area contributed by atoms with Gasteiger partial charge in [0.05, 0.1) is 11.8 Å². The quantitative estimate of drug-likeness (QED) is 0.208. The SMILES string of the molecule is CC(C)[C@@H](C(=O)OCC(=O)c1ccc(Br)cc1)N1C(=O)[C@@H]2[C@@H]3C[C@H]([C@H](Br)[C@@H]3Br)[C@@H]2C1=O. The van der Waals surface area contributed by atoms with Gasteiger partial charge in [-0.3, -0.25) is 19.3 Å².